The van der Waals surface area contributed by atoms with Crippen LogP contribution in [0, 0.1) is 0 Å². The number of hydrogen-bond acceptors (Lipinski definition) is 6. The van der Waals surface area contributed by atoms with E-state index in [0.29, 0.717) is 67.9 Å². The van der Waals surface area contributed by atoms with Gasteiger partial charge in [-0.05, 0) is 24.6 Å². The van der Waals surface area contributed by atoms with Crippen molar-refractivity contribution in [1.82, 2.24) is 28.5 Å². The molecule has 1 amide bonds. The summed E-state index contributed by atoms with van der Waals surface area (Å²) >= 11 is 6.18. The molecule has 1 aromatic carbocycles. The van der Waals surface area contributed by atoms with Crippen molar-refractivity contribution in [2.24, 2.45) is 14.1 Å². The van der Waals surface area contributed by atoms with E-state index in [1.54, 1.807) is 24.9 Å². The van der Waals surface area contributed by atoms with Gasteiger partial charge in [-0.3, -0.25) is 18.8 Å². The van der Waals surface area contributed by atoms with E-state index in [0.717, 1.165) is 10.1 Å². The zero-order chi connectivity index (χ0) is 23.7. The van der Waals surface area contributed by atoms with Gasteiger partial charge in [0.2, 0.25) is 0 Å². The smallest absolute Gasteiger partial charge is 0.409 e. The fourth-order valence-electron chi connectivity index (χ4n) is 4.10. The largest absolute Gasteiger partial charge is 0.450 e. The number of carbonyl (C=O) groups is 1. The van der Waals surface area contributed by atoms with Gasteiger partial charge in [0.15, 0.2) is 11.2 Å². The van der Waals surface area contributed by atoms with Crippen LogP contribution in [0.4, 0.5) is 4.79 Å². The Balaban J connectivity index is 1.69. The average Bonchev–Trinajstić information content (AvgIpc) is 3.15. The fourth-order valence-corrected chi connectivity index (χ4v) is 4.32. The molecule has 11 heteroatoms. The highest BCUT2D eigenvalue weighted by atomic mass is 35.5. The van der Waals surface area contributed by atoms with Gasteiger partial charge in [0.25, 0.3) is 5.56 Å². The molecule has 0 saturated carbocycles. The minimum Gasteiger partial charge on any atom is -0.450 e. The summed E-state index contributed by atoms with van der Waals surface area (Å²) in [4.78, 5) is 46.1. The normalized spacial score (nSPS) is 14.7. The molecule has 0 spiro atoms. The Kier molecular flexibility index (Phi) is 6.57. The number of nitrogens with zero attached hydrogens (tertiary/aromatic N) is 6. The van der Waals surface area contributed by atoms with Crippen LogP contribution in [0.1, 0.15) is 18.3 Å². The topological polar surface area (TPSA) is 94.6 Å². The van der Waals surface area contributed by atoms with Crippen molar-refractivity contribution >= 4 is 28.9 Å². The standard InChI is InChI=1S/C22H27ClN6O4/c1-4-33-22(32)28-10-8-27(9-11-28)14-17-24-19-18(20(30)26(3)21(31)25(19)2)29(17)13-15-6-5-7-16(23)12-15/h5-7,12H,4,8-11,13-14H2,1-3H3. The first-order valence-electron chi connectivity index (χ1n) is 10.8. The van der Waals surface area contributed by atoms with E-state index in [2.05, 4.69) is 4.90 Å². The lowest BCUT2D eigenvalue weighted by Gasteiger charge is -2.33. The lowest BCUT2D eigenvalue weighted by atomic mass is 10.2. The molecule has 10 nitrogen and oxygen atoms in total. The van der Waals surface area contributed by atoms with Gasteiger partial charge in [0, 0.05) is 51.8 Å². The van der Waals surface area contributed by atoms with Crippen LogP contribution in [-0.4, -0.2) is 67.4 Å². The second-order valence-electron chi connectivity index (χ2n) is 8.08. The van der Waals surface area contributed by atoms with E-state index in [9.17, 15) is 14.4 Å². The van der Waals surface area contributed by atoms with Gasteiger partial charge >= 0.3 is 11.8 Å². The molecule has 1 fully saturated rings. The van der Waals surface area contributed by atoms with Crippen molar-refractivity contribution in [1.29, 1.82) is 0 Å². The van der Waals surface area contributed by atoms with E-state index in [-0.39, 0.29) is 11.7 Å². The maximum Gasteiger partial charge on any atom is 0.409 e. The molecule has 3 heterocycles. The molecule has 1 aliphatic rings. The predicted molar refractivity (Wildman–Crippen MR) is 125 cm³/mol. The summed E-state index contributed by atoms with van der Waals surface area (Å²) < 4.78 is 9.45. The molecule has 2 aromatic heterocycles. The van der Waals surface area contributed by atoms with Crippen LogP contribution in [0.3, 0.4) is 0 Å². The van der Waals surface area contributed by atoms with Crippen molar-refractivity contribution in [2.45, 2.75) is 20.0 Å². The number of ether oxygens (including phenoxy) is 1. The lowest BCUT2D eigenvalue weighted by Crippen LogP contribution is -2.48. The molecule has 0 unspecified atom stereocenters. The molecule has 0 aliphatic carbocycles. The number of amides is 1. The zero-order valence-corrected chi connectivity index (χ0v) is 19.7. The van der Waals surface area contributed by atoms with Crippen LogP contribution in [-0.2, 0) is 31.9 Å². The molecule has 3 aromatic rings. The summed E-state index contributed by atoms with van der Waals surface area (Å²) in [7, 11) is 3.08. The molecule has 1 saturated heterocycles. The Morgan fingerprint density at radius 3 is 2.48 bits per heavy atom. The summed E-state index contributed by atoms with van der Waals surface area (Å²) in [5.41, 5.74) is 0.839. The van der Waals surface area contributed by atoms with Crippen LogP contribution < -0.4 is 11.2 Å². The van der Waals surface area contributed by atoms with Gasteiger partial charge in [-0.15, -0.1) is 0 Å². The van der Waals surface area contributed by atoms with Crippen molar-refractivity contribution < 1.29 is 9.53 Å². The van der Waals surface area contributed by atoms with E-state index in [4.69, 9.17) is 21.3 Å². The van der Waals surface area contributed by atoms with E-state index in [1.807, 2.05) is 22.8 Å². The Hall–Kier alpha value is -3.11. The first kappa shape index (κ1) is 23.1. The summed E-state index contributed by atoms with van der Waals surface area (Å²) in [5.74, 6) is 0.674. The Bertz CT molecular complexity index is 1300. The Morgan fingerprint density at radius 2 is 1.82 bits per heavy atom. The van der Waals surface area contributed by atoms with Gasteiger partial charge < -0.3 is 14.2 Å². The molecule has 4 rings (SSSR count). The summed E-state index contributed by atoms with van der Waals surface area (Å²) in [6, 6.07) is 7.44. The average molecular weight is 475 g/mol. The number of imidazole rings is 1. The highest BCUT2D eigenvalue weighted by Crippen LogP contribution is 2.19. The molecule has 0 radical (unpaired) electrons. The third kappa shape index (κ3) is 4.53. The second-order valence-corrected chi connectivity index (χ2v) is 8.52. The molecule has 1 aliphatic heterocycles. The summed E-state index contributed by atoms with van der Waals surface area (Å²) in [5, 5.41) is 0.605. The van der Waals surface area contributed by atoms with Gasteiger partial charge in [-0.1, -0.05) is 23.7 Å². The minimum atomic E-state index is -0.422. The lowest BCUT2D eigenvalue weighted by molar-refractivity contribution is 0.0769. The van der Waals surface area contributed by atoms with Gasteiger partial charge in [0.1, 0.15) is 5.82 Å². The molecule has 0 N–H and O–H groups in total. The van der Waals surface area contributed by atoms with Crippen LogP contribution in [0.15, 0.2) is 33.9 Å². The number of rotatable bonds is 5. The van der Waals surface area contributed by atoms with Crippen LogP contribution in [0.5, 0.6) is 0 Å². The van der Waals surface area contributed by atoms with E-state index < -0.39 is 5.69 Å². The number of aryl methyl sites for hydroxylation is 1. The Morgan fingerprint density at radius 1 is 1.09 bits per heavy atom. The second kappa shape index (κ2) is 9.40. The van der Waals surface area contributed by atoms with E-state index >= 15 is 0 Å². The first-order valence-corrected chi connectivity index (χ1v) is 11.2. The maximum absolute atomic E-state index is 13.1. The molecular formula is C22H27ClN6O4. The highest BCUT2D eigenvalue weighted by molar-refractivity contribution is 6.30. The molecule has 33 heavy (non-hydrogen) atoms. The molecule has 0 atom stereocenters. The van der Waals surface area contributed by atoms with Crippen molar-refractivity contribution in [3.05, 3.63) is 61.5 Å². The third-order valence-corrected chi connectivity index (χ3v) is 6.16. The van der Waals surface area contributed by atoms with Crippen molar-refractivity contribution in [3.8, 4) is 0 Å². The minimum absolute atomic E-state index is 0.302. The maximum atomic E-state index is 13.1. The van der Waals surface area contributed by atoms with Crippen LogP contribution in [0.2, 0.25) is 5.02 Å². The van der Waals surface area contributed by atoms with Crippen molar-refractivity contribution in [3.63, 3.8) is 0 Å². The van der Waals surface area contributed by atoms with Gasteiger partial charge in [0.05, 0.1) is 13.2 Å². The fraction of sp³-hybridized carbons (Fsp3) is 0.455. The number of piperazine rings is 1. The van der Waals surface area contributed by atoms with Crippen LogP contribution >= 0.6 is 11.6 Å². The number of hydrogen-bond donors (Lipinski definition) is 0. The molecule has 176 valence electrons. The molecule has 0 bridgehead atoms. The summed E-state index contributed by atoms with van der Waals surface area (Å²) in [6.45, 7) is 5.40. The number of benzene rings is 1. The highest BCUT2D eigenvalue weighted by Gasteiger charge is 2.25. The number of halogens is 1. The summed E-state index contributed by atoms with van der Waals surface area (Å²) in [6.07, 6.45) is -0.302. The predicted octanol–water partition coefficient (Wildman–Crippen LogP) is 1.41. The quantitative estimate of drug-likeness (QED) is 0.555. The van der Waals surface area contributed by atoms with Gasteiger partial charge in [-0.25, -0.2) is 14.6 Å². The van der Waals surface area contributed by atoms with Crippen LogP contribution in [0.25, 0.3) is 11.2 Å². The number of fused-ring (bicyclic) bond motifs is 1. The van der Waals surface area contributed by atoms with Crippen molar-refractivity contribution in [2.75, 3.05) is 32.8 Å². The zero-order valence-electron chi connectivity index (χ0n) is 19.0. The SMILES string of the molecule is CCOC(=O)N1CCN(Cc2nc3c(c(=O)n(C)c(=O)n3C)n2Cc2cccc(Cl)c2)CC1. The molecular weight excluding hydrogens is 448 g/mol. The van der Waals surface area contributed by atoms with E-state index in [1.165, 1.54) is 11.6 Å². The Labute approximate surface area is 195 Å². The number of aromatic nitrogens is 4. The number of carbonyl (C=O) groups excluding carboxylic acids is 1. The first-order chi connectivity index (χ1) is 15.8. The monoisotopic (exact) mass is 474 g/mol. The van der Waals surface area contributed by atoms with Gasteiger partial charge in [-0.2, -0.15) is 0 Å². The third-order valence-electron chi connectivity index (χ3n) is 5.92.